The first kappa shape index (κ1) is 15.6. The highest BCUT2D eigenvalue weighted by atomic mass is 32.1. The number of fused-ring (bicyclic) bond motifs is 1. The summed E-state index contributed by atoms with van der Waals surface area (Å²) in [4.78, 5) is 17.3. The summed E-state index contributed by atoms with van der Waals surface area (Å²) in [5.41, 5.74) is 5.57. The van der Waals surface area contributed by atoms with Gasteiger partial charge in [0, 0.05) is 11.4 Å². The van der Waals surface area contributed by atoms with Crippen LogP contribution in [-0.4, -0.2) is 16.6 Å². The minimum Gasteiger partial charge on any atom is -0.321 e. The molecule has 0 spiro atoms. The number of amides is 1. The summed E-state index contributed by atoms with van der Waals surface area (Å²) in [5, 5.41) is 9.78. The third-order valence-electron chi connectivity index (χ3n) is 3.24. The average molecular weight is 344 g/mol. The van der Waals surface area contributed by atoms with Crippen LogP contribution in [0.1, 0.15) is 29.9 Å². The van der Waals surface area contributed by atoms with Gasteiger partial charge in [-0.1, -0.05) is 24.3 Å². The van der Waals surface area contributed by atoms with Crippen LogP contribution >= 0.6 is 22.7 Å². The lowest BCUT2D eigenvalue weighted by atomic mass is 10.3. The van der Waals surface area contributed by atoms with Crippen molar-refractivity contribution in [1.82, 2.24) is 4.98 Å². The van der Waals surface area contributed by atoms with E-state index in [0.717, 1.165) is 33.2 Å². The fraction of sp³-hybridized carbons (Fsp3) is 0.188. The standard InChI is InChI=1S/C16H16N4OS2/c1-3-10(2)19-20-16-18-12-9-11(6-7-13(12)23-16)17-15(21)14-5-4-8-22-14/h4-9H,3H2,1-2H3,(H,17,21)(H,18,20)/b19-10-. The Hall–Kier alpha value is -2.25. The van der Waals surface area contributed by atoms with Crippen molar-refractivity contribution in [3.63, 3.8) is 0 Å². The summed E-state index contributed by atoms with van der Waals surface area (Å²) < 4.78 is 1.05. The maximum Gasteiger partial charge on any atom is 0.265 e. The number of hydrogen-bond acceptors (Lipinski definition) is 6. The van der Waals surface area contributed by atoms with Gasteiger partial charge in [-0.05, 0) is 43.0 Å². The molecule has 23 heavy (non-hydrogen) atoms. The van der Waals surface area contributed by atoms with Crippen molar-refractivity contribution < 1.29 is 4.79 Å². The average Bonchev–Trinajstić information content (AvgIpc) is 3.21. The van der Waals surface area contributed by atoms with Crippen LogP contribution in [0.3, 0.4) is 0 Å². The number of rotatable bonds is 5. The number of hydrazone groups is 1. The largest absolute Gasteiger partial charge is 0.321 e. The molecule has 0 saturated heterocycles. The van der Waals surface area contributed by atoms with E-state index in [9.17, 15) is 4.79 Å². The Morgan fingerprint density at radius 1 is 1.35 bits per heavy atom. The lowest BCUT2D eigenvalue weighted by molar-refractivity contribution is 0.103. The summed E-state index contributed by atoms with van der Waals surface area (Å²) in [7, 11) is 0. The van der Waals surface area contributed by atoms with Crippen molar-refractivity contribution >= 4 is 55.3 Å². The Morgan fingerprint density at radius 3 is 2.96 bits per heavy atom. The van der Waals surface area contributed by atoms with E-state index in [0.29, 0.717) is 4.88 Å². The zero-order chi connectivity index (χ0) is 16.2. The van der Waals surface area contributed by atoms with Crippen LogP contribution in [0.2, 0.25) is 0 Å². The molecule has 0 radical (unpaired) electrons. The normalized spacial score (nSPS) is 11.7. The Bertz CT molecular complexity index is 852. The van der Waals surface area contributed by atoms with Crippen LogP contribution in [0.25, 0.3) is 10.2 Å². The van der Waals surface area contributed by atoms with Crippen LogP contribution in [0.4, 0.5) is 10.8 Å². The maximum absolute atomic E-state index is 12.1. The second-order valence-corrected chi connectivity index (χ2v) is 6.92. The molecule has 0 aliphatic carbocycles. The summed E-state index contributed by atoms with van der Waals surface area (Å²) in [6.45, 7) is 4.03. The van der Waals surface area contributed by atoms with Gasteiger partial charge in [-0.3, -0.25) is 10.2 Å². The molecule has 2 heterocycles. The highest BCUT2D eigenvalue weighted by Gasteiger charge is 2.09. The Morgan fingerprint density at radius 2 is 2.22 bits per heavy atom. The molecule has 0 unspecified atom stereocenters. The molecule has 0 fully saturated rings. The second-order valence-electron chi connectivity index (χ2n) is 4.95. The highest BCUT2D eigenvalue weighted by molar-refractivity contribution is 7.22. The molecule has 1 aromatic carbocycles. The van der Waals surface area contributed by atoms with E-state index in [1.54, 1.807) is 6.07 Å². The molecule has 7 heteroatoms. The van der Waals surface area contributed by atoms with Gasteiger partial charge in [0.15, 0.2) is 0 Å². The molecule has 118 valence electrons. The Balaban J connectivity index is 1.77. The minimum atomic E-state index is -0.101. The van der Waals surface area contributed by atoms with Crippen LogP contribution in [0.15, 0.2) is 40.8 Å². The molecule has 5 nitrogen and oxygen atoms in total. The van der Waals surface area contributed by atoms with Crippen LogP contribution in [-0.2, 0) is 0 Å². The predicted molar refractivity (Wildman–Crippen MR) is 98.9 cm³/mol. The molecular formula is C16H16N4OS2. The summed E-state index contributed by atoms with van der Waals surface area (Å²) >= 11 is 2.95. The fourth-order valence-corrected chi connectivity index (χ4v) is 3.28. The first-order valence-electron chi connectivity index (χ1n) is 7.20. The smallest absolute Gasteiger partial charge is 0.265 e. The molecule has 0 atom stereocenters. The molecule has 2 N–H and O–H groups in total. The monoisotopic (exact) mass is 344 g/mol. The van der Waals surface area contributed by atoms with Gasteiger partial charge in [-0.2, -0.15) is 5.10 Å². The third kappa shape index (κ3) is 3.75. The van der Waals surface area contributed by atoms with Gasteiger partial charge < -0.3 is 5.32 Å². The van der Waals surface area contributed by atoms with Crippen molar-refractivity contribution in [3.8, 4) is 0 Å². The van der Waals surface area contributed by atoms with Crippen LogP contribution in [0, 0.1) is 0 Å². The fourth-order valence-electron chi connectivity index (χ4n) is 1.88. The van der Waals surface area contributed by atoms with E-state index in [1.165, 1.54) is 22.7 Å². The van der Waals surface area contributed by atoms with Crippen molar-refractivity contribution in [2.45, 2.75) is 20.3 Å². The lowest BCUT2D eigenvalue weighted by Crippen LogP contribution is -2.09. The predicted octanol–water partition coefficient (Wildman–Crippen LogP) is 4.81. The highest BCUT2D eigenvalue weighted by Crippen LogP contribution is 2.28. The quantitative estimate of drug-likeness (QED) is 0.516. The number of hydrogen-bond donors (Lipinski definition) is 2. The van der Waals surface area contributed by atoms with E-state index < -0.39 is 0 Å². The topological polar surface area (TPSA) is 66.4 Å². The molecule has 0 aliphatic heterocycles. The number of carbonyl (C=O) groups is 1. The molecule has 1 amide bonds. The molecule has 3 rings (SSSR count). The van der Waals surface area contributed by atoms with Gasteiger partial charge in [0.05, 0.1) is 15.1 Å². The van der Waals surface area contributed by atoms with Gasteiger partial charge in [0.2, 0.25) is 5.13 Å². The van der Waals surface area contributed by atoms with Gasteiger partial charge in [0.25, 0.3) is 5.91 Å². The number of nitrogens with zero attached hydrogens (tertiary/aromatic N) is 2. The SMILES string of the molecule is CC/C(C)=N\Nc1nc2cc(NC(=O)c3cccs3)ccc2s1. The van der Waals surface area contributed by atoms with E-state index in [2.05, 4.69) is 27.8 Å². The van der Waals surface area contributed by atoms with Crippen LogP contribution < -0.4 is 10.7 Å². The number of aromatic nitrogens is 1. The number of benzene rings is 1. The molecule has 3 aromatic rings. The van der Waals surface area contributed by atoms with Gasteiger partial charge >= 0.3 is 0 Å². The van der Waals surface area contributed by atoms with E-state index in [4.69, 9.17) is 0 Å². The van der Waals surface area contributed by atoms with E-state index in [1.807, 2.05) is 36.6 Å². The van der Waals surface area contributed by atoms with Crippen LogP contribution in [0.5, 0.6) is 0 Å². The van der Waals surface area contributed by atoms with E-state index >= 15 is 0 Å². The van der Waals surface area contributed by atoms with Gasteiger partial charge in [0.1, 0.15) is 0 Å². The first-order chi connectivity index (χ1) is 11.2. The molecule has 0 bridgehead atoms. The third-order valence-corrected chi connectivity index (χ3v) is 5.05. The minimum absolute atomic E-state index is 0.101. The molecular weight excluding hydrogens is 328 g/mol. The number of thiazole rings is 1. The zero-order valence-electron chi connectivity index (χ0n) is 12.8. The molecule has 0 saturated carbocycles. The van der Waals surface area contributed by atoms with Gasteiger partial charge in [-0.25, -0.2) is 4.98 Å². The number of nitrogens with one attached hydrogen (secondary N) is 2. The number of anilines is 2. The summed E-state index contributed by atoms with van der Waals surface area (Å²) in [5.74, 6) is -0.101. The Labute approximate surface area is 142 Å². The van der Waals surface area contributed by atoms with Gasteiger partial charge in [-0.15, -0.1) is 11.3 Å². The van der Waals surface area contributed by atoms with Crippen molar-refractivity contribution in [3.05, 3.63) is 40.6 Å². The second kappa shape index (κ2) is 6.89. The Kier molecular flexibility index (Phi) is 4.68. The molecule has 2 aromatic heterocycles. The van der Waals surface area contributed by atoms with E-state index in [-0.39, 0.29) is 5.91 Å². The number of thiophene rings is 1. The van der Waals surface area contributed by atoms with Crippen molar-refractivity contribution in [2.75, 3.05) is 10.7 Å². The summed E-state index contributed by atoms with van der Waals surface area (Å²) in [6, 6.07) is 9.38. The van der Waals surface area contributed by atoms with Crippen molar-refractivity contribution in [1.29, 1.82) is 0 Å². The lowest BCUT2D eigenvalue weighted by Gasteiger charge is -2.02. The summed E-state index contributed by atoms with van der Waals surface area (Å²) in [6.07, 6.45) is 0.900. The van der Waals surface area contributed by atoms with Crippen molar-refractivity contribution in [2.24, 2.45) is 5.10 Å². The first-order valence-corrected chi connectivity index (χ1v) is 8.90. The maximum atomic E-state index is 12.1. The molecule has 0 aliphatic rings. The number of carbonyl (C=O) groups excluding carboxylic acids is 1. The zero-order valence-corrected chi connectivity index (χ0v) is 14.4.